The molecule has 0 aliphatic carbocycles. The van der Waals surface area contributed by atoms with Crippen LogP contribution in [0.1, 0.15) is 25.3 Å². The molecular weight excluding hydrogens is 280 g/mol. The molecule has 1 unspecified atom stereocenters. The Hall–Kier alpha value is -0.710. The quantitative estimate of drug-likeness (QED) is 0.877. The second kappa shape index (κ2) is 7.78. The minimum absolute atomic E-state index is 0. The van der Waals surface area contributed by atoms with Crippen molar-refractivity contribution in [3.63, 3.8) is 0 Å². The van der Waals surface area contributed by atoms with E-state index in [4.69, 9.17) is 0 Å². The van der Waals surface area contributed by atoms with E-state index >= 15 is 0 Å². The molecule has 1 heterocycles. The molecule has 5 heteroatoms. The Labute approximate surface area is 125 Å². The molecule has 0 bridgehead atoms. The number of hydrogen-bond donors (Lipinski definition) is 2. The third kappa shape index (κ3) is 4.13. The molecule has 3 nitrogen and oxygen atoms in total. The highest BCUT2D eigenvalue weighted by molar-refractivity contribution is 7.99. The van der Waals surface area contributed by atoms with Gasteiger partial charge in [0.2, 0.25) is 5.91 Å². The summed E-state index contributed by atoms with van der Waals surface area (Å²) >= 11 is 1.77. The Morgan fingerprint density at radius 1 is 1.47 bits per heavy atom. The first-order chi connectivity index (χ1) is 8.72. The smallest absolute Gasteiger partial charge is 0.228 e. The van der Waals surface area contributed by atoms with Crippen molar-refractivity contribution >= 4 is 30.1 Å². The van der Waals surface area contributed by atoms with Crippen LogP contribution in [0.4, 0.5) is 0 Å². The Morgan fingerprint density at radius 2 is 2.21 bits per heavy atom. The fourth-order valence-corrected chi connectivity index (χ4v) is 3.41. The minimum Gasteiger partial charge on any atom is -0.354 e. The molecule has 0 radical (unpaired) electrons. The largest absolute Gasteiger partial charge is 0.354 e. The summed E-state index contributed by atoms with van der Waals surface area (Å²) in [6.45, 7) is 5.78. The molecular formula is C14H21ClN2OS. The molecule has 1 aliphatic heterocycles. The molecule has 2 atom stereocenters. The van der Waals surface area contributed by atoms with Crippen LogP contribution in [0.15, 0.2) is 29.2 Å². The van der Waals surface area contributed by atoms with Gasteiger partial charge in [0, 0.05) is 23.2 Å². The van der Waals surface area contributed by atoms with E-state index in [0.29, 0.717) is 12.6 Å². The first kappa shape index (κ1) is 16.3. The lowest BCUT2D eigenvalue weighted by atomic mass is 10.0. The summed E-state index contributed by atoms with van der Waals surface area (Å²) in [6.07, 6.45) is 0. The molecule has 0 fully saturated rings. The third-order valence-corrected chi connectivity index (χ3v) is 4.33. The Balaban J connectivity index is 0.00000180. The average Bonchev–Trinajstić information content (AvgIpc) is 2.80. The zero-order valence-corrected chi connectivity index (χ0v) is 12.9. The molecule has 2 rings (SSSR count). The maximum absolute atomic E-state index is 12.2. The number of amides is 1. The number of likely N-dealkylation sites (N-methyl/N-ethyl adjacent to an activating group) is 1. The van der Waals surface area contributed by atoms with Gasteiger partial charge < -0.3 is 10.6 Å². The Kier molecular flexibility index (Phi) is 6.69. The molecule has 1 aliphatic rings. The highest BCUT2D eigenvalue weighted by atomic mass is 35.5. The number of rotatable bonds is 5. The summed E-state index contributed by atoms with van der Waals surface area (Å²) in [7, 11) is 0. The van der Waals surface area contributed by atoms with Gasteiger partial charge in [0.25, 0.3) is 0 Å². The minimum atomic E-state index is 0. The first-order valence-corrected chi connectivity index (χ1v) is 7.43. The van der Waals surface area contributed by atoms with Crippen molar-refractivity contribution in [2.24, 2.45) is 0 Å². The molecule has 0 spiro atoms. The Morgan fingerprint density at radius 3 is 2.95 bits per heavy atom. The normalized spacial score (nSPS) is 18.3. The lowest BCUT2D eigenvalue weighted by molar-refractivity contribution is -0.122. The average molecular weight is 301 g/mol. The van der Waals surface area contributed by atoms with Crippen LogP contribution >= 0.6 is 24.2 Å². The van der Waals surface area contributed by atoms with Gasteiger partial charge in [-0.05, 0) is 25.1 Å². The van der Waals surface area contributed by atoms with Crippen LogP contribution in [-0.2, 0) is 4.79 Å². The van der Waals surface area contributed by atoms with Gasteiger partial charge in [0.15, 0.2) is 0 Å². The van der Waals surface area contributed by atoms with Crippen LogP contribution in [0.5, 0.6) is 0 Å². The van der Waals surface area contributed by atoms with Crippen LogP contribution in [-0.4, -0.2) is 30.8 Å². The molecule has 1 aromatic rings. The summed E-state index contributed by atoms with van der Waals surface area (Å²) in [5, 5.41) is 6.33. The van der Waals surface area contributed by atoms with E-state index < -0.39 is 0 Å². The Bertz CT molecular complexity index is 428. The van der Waals surface area contributed by atoms with Gasteiger partial charge in [0.1, 0.15) is 0 Å². The van der Waals surface area contributed by atoms with Crippen LogP contribution in [0.3, 0.4) is 0 Å². The summed E-state index contributed by atoms with van der Waals surface area (Å²) in [5.41, 5.74) is 1.18. The van der Waals surface area contributed by atoms with Crippen LogP contribution < -0.4 is 10.6 Å². The lowest BCUT2D eigenvalue weighted by Gasteiger charge is -2.16. The van der Waals surface area contributed by atoms with E-state index in [2.05, 4.69) is 36.6 Å². The number of carbonyl (C=O) groups is 1. The second-order valence-corrected chi connectivity index (χ2v) is 5.67. The topological polar surface area (TPSA) is 41.1 Å². The molecule has 106 valence electrons. The number of hydrogen-bond acceptors (Lipinski definition) is 3. The maximum Gasteiger partial charge on any atom is 0.228 e. The number of benzene rings is 1. The van der Waals surface area contributed by atoms with Gasteiger partial charge >= 0.3 is 0 Å². The number of halogens is 1. The van der Waals surface area contributed by atoms with Crippen LogP contribution in [0.2, 0.25) is 0 Å². The highest BCUT2D eigenvalue weighted by Gasteiger charge is 2.28. The summed E-state index contributed by atoms with van der Waals surface area (Å²) < 4.78 is 0. The molecule has 1 aromatic carbocycles. The standard InChI is InChI=1S/C14H20N2OS.ClH/c1-3-15-10(2)8-16-14(17)12-9-18-13-7-5-4-6-11(12)13;/h4-7,10,12,15H,3,8-9H2,1-2H3,(H,16,17);1H/t10-,12?;/m1./s1. The maximum atomic E-state index is 12.2. The van der Waals surface area contributed by atoms with Gasteiger partial charge in [-0.1, -0.05) is 25.1 Å². The highest BCUT2D eigenvalue weighted by Crippen LogP contribution is 2.39. The van der Waals surface area contributed by atoms with Crippen molar-refractivity contribution in [2.75, 3.05) is 18.8 Å². The fraction of sp³-hybridized carbons (Fsp3) is 0.500. The first-order valence-electron chi connectivity index (χ1n) is 6.45. The van der Waals surface area contributed by atoms with Crippen LogP contribution in [0.25, 0.3) is 0 Å². The summed E-state index contributed by atoms with van der Waals surface area (Å²) in [5.74, 6) is 1.03. The van der Waals surface area contributed by atoms with E-state index in [1.165, 1.54) is 10.5 Å². The number of carbonyl (C=O) groups excluding carboxylic acids is 1. The third-order valence-electron chi connectivity index (χ3n) is 3.15. The van der Waals surface area contributed by atoms with Crippen molar-refractivity contribution in [1.82, 2.24) is 10.6 Å². The SMILES string of the molecule is CCN[C@H](C)CNC(=O)C1CSc2ccccc21.Cl. The van der Waals surface area contributed by atoms with Gasteiger partial charge in [-0.25, -0.2) is 0 Å². The summed E-state index contributed by atoms with van der Waals surface area (Å²) in [4.78, 5) is 13.4. The molecule has 0 aromatic heterocycles. The van der Waals surface area contributed by atoms with Crippen molar-refractivity contribution in [2.45, 2.75) is 30.7 Å². The van der Waals surface area contributed by atoms with E-state index in [1.807, 2.05) is 12.1 Å². The summed E-state index contributed by atoms with van der Waals surface area (Å²) in [6, 6.07) is 8.51. The van der Waals surface area contributed by atoms with Gasteiger partial charge in [-0.2, -0.15) is 0 Å². The van der Waals surface area contributed by atoms with E-state index in [9.17, 15) is 4.79 Å². The lowest BCUT2D eigenvalue weighted by Crippen LogP contribution is -2.40. The number of nitrogens with one attached hydrogen (secondary N) is 2. The molecule has 2 N–H and O–H groups in total. The molecule has 0 saturated carbocycles. The molecule has 0 saturated heterocycles. The zero-order valence-electron chi connectivity index (χ0n) is 11.3. The predicted octanol–water partition coefficient (Wildman–Crippen LogP) is 2.41. The van der Waals surface area contributed by atoms with Crippen molar-refractivity contribution in [3.05, 3.63) is 29.8 Å². The van der Waals surface area contributed by atoms with Gasteiger partial charge in [-0.3, -0.25) is 4.79 Å². The van der Waals surface area contributed by atoms with E-state index in [-0.39, 0.29) is 24.2 Å². The second-order valence-electron chi connectivity index (χ2n) is 4.61. The van der Waals surface area contributed by atoms with Crippen molar-refractivity contribution in [3.8, 4) is 0 Å². The van der Waals surface area contributed by atoms with Crippen molar-refractivity contribution < 1.29 is 4.79 Å². The van der Waals surface area contributed by atoms with E-state index in [1.54, 1.807) is 11.8 Å². The van der Waals surface area contributed by atoms with Gasteiger partial charge in [0.05, 0.1) is 5.92 Å². The van der Waals surface area contributed by atoms with Crippen molar-refractivity contribution in [1.29, 1.82) is 0 Å². The number of fused-ring (bicyclic) bond motifs is 1. The molecule has 19 heavy (non-hydrogen) atoms. The monoisotopic (exact) mass is 300 g/mol. The van der Waals surface area contributed by atoms with Gasteiger partial charge in [-0.15, -0.1) is 24.2 Å². The predicted molar refractivity (Wildman–Crippen MR) is 83.3 cm³/mol. The number of thioether (sulfide) groups is 1. The zero-order chi connectivity index (χ0) is 13.0. The van der Waals surface area contributed by atoms with E-state index in [0.717, 1.165) is 12.3 Å². The fourth-order valence-electron chi connectivity index (χ4n) is 2.18. The van der Waals surface area contributed by atoms with Crippen LogP contribution in [0, 0.1) is 0 Å². The molecule has 1 amide bonds.